The molecule has 0 radical (unpaired) electrons. The summed E-state index contributed by atoms with van der Waals surface area (Å²) in [7, 11) is 0. The molecule has 3 heteroatoms. The summed E-state index contributed by atoms with van der Waals surface area (Å²) in [6, 6.07) is 73.8. The first-order chi connectivity index (χ1) is 30.2. The normalized spacial score (nSPS) is 11.9. The number of benzene rings is 10. The summed E-state index contributed by atoms with van der Waals surface area (Å²) < 4.78 is 6.61. The molecule has 0 fully saturated rings. The first kappa shape index (κ1) is 33.8. The highest BCUT2D eigenvalue weighted by atomic mass is 16.3. The van der Waals surface area contributed by atoms with E-state index in [-0.39, 0.29) is 0 Å². The molecule has 3 heterocycles. The minimum absolute atomic E-state index is 0.893. The zero-order valence-electron chi connectivity index (χ0n) is 32.9. The standard InChI is InChI=1S/C58H34N2O/c1-3-12-38(13-4-1)56-48-29-28-46-45-17-9-10-18-53(45)61-58(46)55(48)47-27-25-42(34-52(47)60-56)36-21-19-35(20-22-36)40-23-24-41-32-49-50(33-43(41)31-40)57(39-14-5-2-6-15-39)59-51-30-26-37-11-7-8-16-44(37)54(49)51/h1-34H. The lowest BCUT2D eigenvalue weighted by molar-refractivity contribution is 0.673. The van der Waals surface area contributed by atoms with Crippen LogP contribution < -0.4 is 0 Å². The van der Waals surface area contributed by atoms with E-state index in [1.807, 2.05) is 18.2 Å². The number of hydrogen-bond acceptors (Lipinski definition) is 3. The molecule has 0 spiro atoms. The van der Waals surface area contributed by atoms with Gasteiger partial charge in [-0.3, -0.25) is 0 Å². The zero-order chi connectivity index (χ0) is 40.0. The maximum atomic E-state index is 6.61. The second-order valence-electron chi connectivity index (χ2n) is 16.1. The molecule has 0 saturated carbocycles. The Kier molecular flexibility index (Phi) is 7.31. The highest BCUT2D eigenvalue weighted by Crippen LogP contribution is 2.43. The molecule has 13 rings (SSSR count). The maximum Gasteiger partial charge on any atom is 0.144 e. The van der Waals surface area contributed by atoms with Crippen molar-refractivity contribution in [1.29, 1.82) is 0 Å². The fraction of sp³-hybridized carbons (Fsp3) is 0. The van der Waals surface area contributed by atoms with E-state index in [9.17, 15) is 0 Å². The molecule has 61 heavy (non-hydrogen) atoms. The molecule has 3 nitrogen and oxygen atoms in total. The van der Waals surface area contributed by atoms with Crippen molar-refractivity contribution < 1.29 is 4.42 Å². The molecule has 0 amide bonds. The Morgan fingerprint density at radius 1 is 0.279 bits per heavy atom. The molecule has 282 valence electrons. The van der Waals surface area contributed by atoms with Crippen LogP contribution in [0.5, 0.6) is 0 Å². The number of para-hydroxylation sites is 1. The van der Waals surface area contributed by atoms with Crippen LogP contribution in [0.2, 0.25) is 0 Å². The van der Waals surface area contributed by atoms with Crippen LogP contribution in [-0.4, -0.2) is 9.97 Å². The third-order valence-electron chi connectivity index (χ3n) is 12.6. The SMILES string of the molecule is c1ccc(-c2nc3ccc4ccccc4c3c3cc4ccc(-c5ccc(-c6ccc7c(c6)nc(-c6ccccc6)c6ccc8c9ccccc9oc8c67)cc5)cc4cc23)cc1. The minimum atomic E-state index is 0.893. The summed E-state index contributed by atoms with van der Waals surface area (Å²) in [5, 5.41) is 13.9. The quantitative estimate of drug-likeness (QED) is 0.132. The Morgan fingerprint density at radius 2 is 0.852 bits per heavy atom. The van der Waals surface area contributed by atoms with Gasteiger partial charge in [-0.2, -0.15) is 0 Å². The van der Waals surface area contributed by atoms with Gasteiger partial charge < -0.3 is 4.42 Å². The summed E-state index contributed by atoms with van der Waals surface area (Å²) in [5.41, 5.74) is 12.5. The van der Waals surface area contributed by atoms with Crippen LogP contribution in [-0.2, 0) is 0 Å². The molecule has 0 aliphatic heterocycles. The molecular weight excluding hydrogens is 741 g/mol. The van der Waals surface area contributed by atoms with Crippen LogP contribution in [0, 0.1) is 0 Å². The van der Waals surface area contributed by atoms with E-state index in [0.717, 1.165) is 88.2 Å². The summed E-state index contributed by atoms with van der Waals surface area (Å²) in [4.78, 5) is 10.7. The number of furan rings is 1. The van der Waals surface area contributed by atoms with Crippen molar-refractivity contribution in [3.05, 3.63) is 206 Å². The van der Waals surface area contributed by atoms with Crippen molar-refractivity contribution >= 4 is 86.8 Å². The molecule has 3 aromatic heterocycles. The largest absolute Gasteiger partial charge is 0.455 e. The molecule has 0 saturated heterocycles. The average Bonchev–Trinajstić information content (AvgIpc) is 3.72. The summed E-state index contributed by atoms with van der Waals surface area (Å²) >= 11 is 0. The van der Waals surface area contributed by atoms with Crippen molar-refractivity contribution in [2.75, 3.05) is 0 Å². The number of rotatable bonds is 4. The summed E-state index contributed by atoms with van der Waals surface area (Å²) in [5.74, 6) is 0. The van der Waals surface area contributed by atoms with E-state index >= 15 is 0 Å². The van der Waals surface area contributed by atoms with Gasteiger partial charge in [0.15, 0.2) is 0 Å². The average molecular weight is 775 g/mol. The molecular formula is C58H34N2O. The van der Waals surface area contributed by atoms with Gasteiger partial charge in [0, 0.05) is 48.8 Å². The Morgan fingerprint density at radius 3 is 1.64 bits per heavy atom. The lowest BCUT2D eigenvalue weighted by atomic mass is 9.92. The van der Waals surface area contributed by atoms with Gasteiger partial charge >= 0.3 is 0 Å². The Bertz CT molecular complexity index is 3910. The number of nitrogens with zero attached hydrogens (tertiary/aromatic N) is 2. The number of aromatic nitrogens is 2. The van der Waals surface area contributed by atoms with E-state index in [0.29, 0.717) is 0 Å². The van der Waals surface area contributed by atoms with Gasteiger partial charge in [-0.15, -0.1) is 0 Å². The number of fused-ring (bicyclic) bond motifs is 13. The highest BCUT2D eigenvalue weighted by molar-refractivity contribution is 6.26. The van der Waals surface area contributed by atoms with E-state index in [2.05, 4.69) is 188 Å². The van der Waals surface area contributed by atoms with Gasteiger partial charge in [0.1, 0.15) is 11.2 Å². The smallest absolute Gasteiger partial charge is 0.144 e. The van der Waals surface area contributed by atoms with Gasteiger partial charge in [-0.05, 0) is 91.6 Å². The van der Waals surface area contributed by atoms with Gasteiger partial charge in [-0.1, -0.05) is 164 Å². The fourth-order valence-electron chi connectivity index (χ4n) is 9.63. The molecule has 0 atom stereocenters. The van der Waals surface area contributed by atoms with Gasteiger partial charge in [0.25, 0.3) is 0 Å². The van der Waals surface area contributed by atoms with Crippen molar-refractivity contribution in [2.24, 2.45) is 0 Å². The fourth-order valence-corrected chi connectivity index (χ4v) is 9.63. The molecule has 10 aromatic carbocycles. The van der Waals surface area contributed by atoms with Gasteiger partial charge in [-0.25, -0.2) is 9.97 Å². The molecule has 0 bridgehead atoms. The molecule has 0 aliphatic rings. The first-order valence-corrected chi connectivity index (χ1v) is 20.8. The third-order valence-corrected chi connectivity index (χ3v) is 12.6. The zero-order valence-corrected chi connectivity index (χ0v) is 32.9. The third kappa shape index (κ3) is 5.31. The van der Waals surface area contributed by atoms with Crippen LogP contribution in [0.3, 0.4) is 0 Å². The Hall–Kier alpha value is -8.14. The second kappa shape index (κ2) is 13.2. The summed E-state index contributed by atoms with van der Waals surface area (Å²) in [6.45, 7) is 0. The van der Waals surface area contributed by atoms with Crippen molar-refractivity contribution in [2.45, 2.75) is 0 Å². The lowest BCUT2D eigenvalue weighted by Crippen LogP contribution is -1.91. The van der Waals surface area contributed by atoms with Crippen molar-refractivity contribution in [1.82, 2.24) is 9.97 Å². The van der Waals surface area contributed by atoms with Crippen LogP contribution in [0.1, 0.15) is 0 Å². The first-order valence-electron chi connectivity index (χ1n) is 20.8. The predicted molar refractivity (Wildman–Crippen MR) is 256 cm³/mol. The highest BCUT2D eigenvalue weighted by Gasteiger charge is 2.19. The van der Waals surface area contributed by atoms with Crippen LogP contribution in [0.4, 0.5) is 0 Å². The topological polar surface area (TPSA) is 38.9 Å². The van der Waals surface area contributed by atoms with Crippen LogP contribution in [0.25, 0.3) is 132 Å². The number of hydrogen-bond donors (Lipinski definition) is 0. The Balaban J connectivity index is 0.931. The Labute approximate surface area is 350 Å². The van der Waals surface area contributed by atoms with Gasteiger partial charge in [0.2, 0.25) is 0 Å². The van der Waals surface area contributed by atoms with E-state index in [1.165, 1.54) is 43.4 Å². The minimum Gasteiger partial charge on any atom is -0.455 e. The number of pyridine rings is 2. The molecule has 13 aromatic rings. The van der Waals surface area contributed by atoms with Crippen molar-refractivity contribution in [3.63, 3.8) is 0 Å². The van der Waals surface area contributed by atoms with Crippen molar-refractivity contribution in [3.8, 4) is 44.8 Å². The summed E-state index contributed by atoms with van der Waals surface area (Å²) in [6.07, 6.45) is 0. The molecule has 0 N–H and O–H groups in total. The lowest BCUT2D eigenvalue weighted by Gasteiger charge is -2.14. The van der Waals surface area contributed by atoms with Crippen LogP contribution in [0.15, 0.2) is 211 Å². The molecule has 0 unspecified atom stereocenters. The van der Waals surface area contributed by atoms with Crippen LogP contribution >= 0.6 is 0 Å². The second-order valence-corrected chi connectivity index (χ2v) is 16.1. The molecule has 0 aliphatic carbocycles. The van der Waals surface area contributed by atoms with E-state index in [4.69, 9.17) is 14.4 Å². The predicted octanol–water partition coefficient (Wildman–Crippen LogP) is 16.0. The monoisotopic (exact) mass is 774 g/mol. The van der Waals surface area contributed by atoms with E-state index < -0.39 is 0 Å². The van der Waals surface area contributed by atoms with Gasteiger partial charge in [0.05, 0.1) is 22.4 Å². The maximum absolute atomic E-state index is 6.61. The van der Waals surface area contributed by atoms with E-state index in [1.54, 1.807) is 0 Å².